The Morgan fingerprint density at radius 3 is 2.56 bits per heavy atom. The summed E-state index contributed by atoms with van der Waals surface area (Å²) in [7, 11) is 0. The third kappa shape index (κ3) is 3.49. The summed E-state index contributed by atoms with van der Waals surface area (Å²) in [6, 6.07) is 7.85. The van der Waals surface area contributed by atoms with Gasteiger partial charge in [-0.25, -0.2) is 4.79 Å². The van der Waals surface area contributed by atoms with E-state index in [0.717, 1.165) is 0 Å². The lowest BCUT2D eigenvalue weighted by Gasteiger charge is -2.11. The van der Waals surface area contributed by atoms with Crippen LogP contribution in [0.5, 0.6) is 5.75 Å². The van der Waals surface area contributed by atoms with Crippen LogP contribution in [0.25, 0.3) is 22.9 Å². The molecular formula is C16H10F3N3O3. The Labute approximate surface area is 139 Å². The number of benzene rings is 1. The van der Waals surface area contributed by atoms with Gasteiger partial charge in [-0.2, -0.15) is 13.2 Å². The van der Waals surface area contributed by atoms with Crippen LogP contribution in [0.1, 0.15) is 5.56 Å². The number of para-hydroxylation sites is 1. The second-order valence-electron chi connectivity index (χ2n) is 4.99. The third-order valence-corrected chi connectivity index (χ3v) is 3.20. The first-order valence-corrected chi connectivity index (χ1v) is 6.99. The highest BCUT2D eigenvalue weighted by Gasteiger charge is 2.42. The van der Waals surface area contributed by atoms with Crippen LogP contribution in [0.3, 0.4) is 0 Å². The molecule has 1 aromatic carbocycles. The Balaban J connectivity index is 2.00. The van der Waals surface area contributed by atoms with Crippen molar-refractivity contribution in [3.8, 4) is 28.7 Å². The lowest BCUT2D eigenvalue weighted by atomic mass is 10.1. The molecule has 0 aliphatic carbocycles. The Kier molecular flexibility index (Phi) is 4.22. The summed E-state index contributed by atoms with van der Waals surface area (Å²) in [5, 5.41) is 7.66. The molecule has 0 saturated heterocycles. The van der Waals surface area contributed by atoms with Crippen molar-refractivity contribution in [3.05, 3.63) is 48.3 Å². The standard InChI is InChI=1S/C16H10F3N3O3/c1-9-4-2-6-11(12(9)24-15(23)16(17,18)19)14-22-21-13(25-14)10-5-3-7-20-8-10/h2-8H,1H3. The second kappa shape index (κ2) is 6.34. The van der Waals surface area contributed by atoms with Gasteiger partial charge in [0.2, 0.25) is 5.89 Å². The average Bonchev–Trinajstić information content (AvgIpc) is 3.06. The first kappa shape index (κ1) is 16.6. The largest absolute Gasteiger partial charge is 0.491 e. The number of carbonyl (C=O) groups excluding carboxylic acids is 1. The van der Waals surface area contributed by atoms with Crippen LogP contribution in [-0.2, 0) is 4.79 Å². The molecule has 3 rings (SSSR count). The Bertz CT molecular complexity index is 908. The van der Waals surface area contributed by atoms with Crippen molar-refractivity contribution in [2.24, 2.45) is 0 Å². The summed E-state index contributed by atoms with van der Waals surface area (Å²) in [4.78, 5) is 15.1. The molecule has 0 aliphatic rings. The number of esters is 1. The zero-order valence-electron chi connectivity index (χ0n) is 12.7. The van der Waals surface area contributed by atoms with Crippen molar-refractivity contribution in [2.75, 3.05) is 0 Å². The van der Waals surface area contributed by atoms with E-state index in [-0.39, 0.29) is 23.1 Å². The van der Waals surface area contributed by atoms with Crippen LogP contribution >= 0.6 is 0 Å². The number of hydrogen-bond acceptors (Lipinski definition) is 6. The van der Waals surface area contributed by atoms with E-state index in [9.17, 15) is 18.0 Å². The maximum atomic E-state index is 12.5. The number of halogens is 3. The molecule has 0 radical (unpaired) electrons. The zero-order chi connectivity index (χ0) is 18.0. The number of carbonyl (C=O) groups is 1. The summed E-state index contributed by atoms with van der Waals surface area (Å²) in [6.07, 6.45) is -2.05. The number of pyridine rings is 1. The first-order valence-electron chi connectivity index (χ1n) is 6.99. The molecule has 0 saturated carbocycles. The summed E-state index contributed by atoms with van der Waals surface area (Å²) in [5.41, 5.74) is 0.944. The molecule has 6 nitrogen and oxygen atoms in total. The van der Waals surface area contributed by atoms with Gasteiger partial charge in [-0.05, 0) is 30.7 Å². The van der Waals surface area contributed by atoms with Gasteiger partial charge in [0.1, 0.15) is 5.75 Å². The molecule has 2 heterocycles. The van der Waals surface area contributed by atoms with E-state index in [0.29, 0.717) is 11.1 Å². The fourth-order valence-electron chi connectivity index (χ4n) is 2.04. The predicted octanol–water partition coefficient (Wildman–Crippen LogP) is 3.57. The van der Waals surface area contributed by atoms with Crippen LogP contribution in [-0.4, -0.2) is 27.3 Å². The molecule has 2 aromatic heterocycles. The van der Waals surface area contributed by atoms with Crippen LogP contribution in [0.4, 0.5) is 13.2 Å². The summed E-state index contributed by atoms with van der Waals surface area (Å²) in [5.74, 6) is -2.55. The van der Waals surface area contributed by atoms with E-state index in [1.165, 1.54) is 25.3 Å². The minimum Gasteiger partial charge on any atom is -0.419 e. The molecule has 0 amide bonds. The maximum absolute atomic E-state index is 12.5. The zero-order valence-corrected chi connectivity index (χ0v) is 12.7. The van der Waals surface area contributed by atoms with Gasteiger partial charge in [0.05, 0.1) is 11.1 Å². The van der Waals surface area contributed by atoms with Gasteiger partial charge in [-0.3, -0.25) is 4.98 Å². The van der Waals surface area contributed by atoms with E-state index in [4.69, 9.17) is 4.42 Å². The van der Waals surface area contributed by atoms with Crippen molar-refractivity contribution < 1.29 is 27.1 Å². The second-order valence-corrected chi connectivity index (χ2v) is 4.99. The normalized spacial score (nSPS) is 11.4. The van der Waals surface area contributed by atoms with Crippen LogP contribution in [0.15, 0.2) is 47.1 Å². The van der Waals surface area contributed by atoms with Crippen molar-refractivity contribution in [1.82, 2.24) is 15.2 Å². The number of aryl methyl sites for hydroxylation is 1. The van der Waals surface area contributed by atoms with Crippen molar-refractivity contribution in [2.45, 2.75) is 13.1 Å². The first-order chi connectivity index (χ1) is 11.9. The lowest BCUT2D eigenvalue weighted by molar-refractivity contribution is -0.189. The minimum atomic E-state index is -5.12. The van der Waals surface area contributed by atoms with Gasteiger partial charge in [-0.15, -0.1) is 10.2 Å². The number of rotatable bonds is 3. The van der Waals surface area contributed by atoms with Gasteiger partial charge >= 0.3 is 12.1 Å². The summed E-state index contributed by atoms with van der Waals surface area (Å²) >= 11 is 0. The summed E-state index contributed by atoms with van der Waals surface area (Å²) < 4.78 is 47.5. The third-order valence-electron chi connectivity index (χ3n) is 3.20. The van der Waals surface area contributed by atoms with E-state index in [2.05, 4.69) is 19.9 Å². The van der Waals surface area contributed by atoms with Crippen molar-refractivity contribution in [3.63, 3.8) is 0 Å². The predicted molar refractivity (Wildman–Crippen MR) is 79.4 cm³/mol. The van der Waals surface area contributed by atoms with E-state index >= 15 is 0 Å². The molecule has 3 aromatic rings. The highest BCUT2D eigenvalue weighted by Crippen LogP contribution is 2.34. The Morgan fingerprint density at radius 2 is 1.88 bits per heavy atom. The van der Waals surface area contributed by atoms with Crippen LogP contribution in [0, 0.1) is 6.92 Å². The highest BCUT2D eigenvalue weighted by molar-refractivity contribution is 5.81. The van der Waals surface area contributed by atoms with Crippen LogP contribution in [0.2, 0.25) is 0 Å². The number of alkyl halides is 3. The number of aromatic nitrogens is 3. The molecule has 0 atom stereocenters. The smallest absolute Gasteiger partial charge is 0.419 e. The van der Waals surface area contributed by atoms with E-state index in [1.807, 2.05) is 0 Å². The van der Waals surface area contributed by atoms with E-state index in [1.54, 1.807) is 24.4 Å². The van der Waals surface area contributed by atoms with E-state index < -0.39 is 12.1 Å². The monoisotopic (exact) mass is 349 g/mol. The fraction of sp³-hybridized carbons (Fsp3) is 0.125. The van der Waals surface area contributed by atoms with Crippen molar-refractivity contribution in [1.29, 1.82) is 0 Å². The number of nitrogens with zero attached hydrogens (tertiary/aromatic N) is 3. The van der Waals surface area contributed by atoms with Gasteiger partial charge < -0.3 is 9.15 Å². The van der Waals surface area contributed by atoms with Gasteiger partial charge in [0.15, 0.2) is 0 Å². The summed E-state index contributed by atoms with van der Waals surface area (Å²) in [6.45, 7) is 1.50. The molecular weight excluding hydrogens is 339 g/mol. The molecule has 25 heavy (non-hydrogen) atoms. The molecule has 128 valence electrons. The Morgan fingerprint density at radius 1 is 1.12 bits per heavy atom. The maximum Gasteiger partial charge on any atom is 0.491 e. The number of ether oxygens (including phenoxy) is 1. The molecule has 9 heteroatoms. The average molecular weight is 349 g/mol. The fourth-order valence-corrected chi connectivity index (χ4v) is 2.04. The Hall–Kier alpha value is -3.23. The van der Waals surface area contributed by atoms with Crippen LogP contribution < -0.4 is 4.74 Å². The van der Waals surface area contributed by atoms with Crippen molar-refractivity contribution >= 4 is 5.97 Å². The van der Waals surface area contributed by atoms with Gasteiger partial charge in [0, 0.05) is 12.4 Å². The topological polar surface area (TPSA) is 78.1 Å². The van der Waals surface area contributed by atoms with Gasteiger partial charge in [0.25, 0.3) is 5.89 Å². The molecule has 0 N–H and O–H groups in total. The molecule has 0 aliphatic heterocycles. The lowest BCUT2D eigenvalue weighted by Crippen LogP contribution is -2.28. The highest BCUT2D eigenvalue weighted by atomic mass is 19.4. The van der Waals surface area contributed by atoms with Gasteiger partial charge in [-0.1, -0.05) is 12.1 Å². The SMILES string of the molecule is Cc1cccc(-c2nnc(-c3cccnc3)o2)c1OC(=O)C(F)(F)F. The molecule has 0 spiro atoms. The molecule has 0 fully saturated rings. The molecule has 0 bridgehead atoms. The number of hydrogen-bond donors (Lipinski definition) is 0. The minimum absolute atomic E-state index is 0.0764. The quantitative estimate of drug-likeness (QED) is 0.531. The molecule has 0 unspecified atom stereocenters.